The second-order valence-electron chi connectivity index (χ2n) is 7.80. The maximum Gasteiger partial charge on any atom is 0.227 e. The fraction of sp³-hybridized carbons (Fsp3) is 0.435. The highest BCUT2D eigenvalue weighted by Crippen LogP contribution is 2.32. The van der Waals surface area contributed by atoms with Gasteiger partial charge < -0.3 is 9.64 Å². The van der Waals surface area contributed by atoms with Gasteiger partial charge in [0.2, 0.25) is 5.91 Å². The molecule has 0 N–H and O–H groups in total. The molecule has 28 heavy (non-hydrogen) atoms. The van der Waals surface area contributed by atoms with Crippen LogP contribution in [0.1, 0.15) is 23.5 Å². The van der Waals surface area contributed by atoms with Gasteiger partial charge in [0.05, 0.1) is 19.1 Å². The van der Waals surface area contributed by atoms with Gasteiger partial charge in [0.25, 0.3) is 0 Å². The number of carbonyl (C=O) groups excluding carboxylic acids is 1. The lowest BCUT2D eigenvalue weighted by molar-refractivity contribution is -0.141. The molecule has 2 saturated heterocycles. The molecular formula is C23H27FN2O2. The lowest BCUT2D eigenvalue weighted by Crippen LogP contribution is -2.49. The summed E-state index contributed by atoms with van der Waals surface area (Å²) in [5.41, 5.74) is 2.22. The minimum atomic E-state index is -0.213. The molecule has 0 saturated carbocycles. The second-order valence-corrected chi connectivity index (χ2v) is 7.80. The van der Waals surface area contributed by atoms with Crippen LogP contribution in [0.2, 0.25) is 0 Å². The number of likely N-dealkylation sites (tertiary alicyclic amines) is 1. The van der Waals surface area contributed by atoms with Gasteiger partial charge in [-0.05, 0) is 35.6 Å². The van der Waals surface area contributed by atoms with E-state index in [1.165, 1.54) is 11.6 Å². The van der Waals surface area contributed by atoms with Crippen LogP contribution in [0.15, 0.2) is 54.6 Å². The van der Waals surface area contributed by atoms with Crippen LogP contribution < -0.4 is 0 Å². The number of benzene rings is 2. The van der Waals surface area contributed by atoms with Crippen LogP contribution in [-0.2, 0) is 16.1 Å². The summed E-state index contributed by atoms with van der Waals surface area (Å²) in [5, 5.41) is 0. The first kappa shape index (κ1) is 19.1. The summed E-state index contributed by atoms with van der Waals surface area (Å²) in [6.45, 7) is 4.85. The van der Waals surface area contributed by atoms with Gasteiger partial charge in [-0.3, -0.25) is 9.69 Å². The van der Waals surface area contributed by atoms with E-state index in [9.17, 15) is 9.18 Å². The fourth-order valence-electron chi connectivity index (χ4n) is 4.40. The Morgan fingerprint density at radius 2 is 1.82 bits per heavy atom. The van der Waals surface area contributed by atoms with Gasteiger partial charge in [-0.2, -0.15) is 0 Å². The lowest BCUT2D eigenvalue weighted by atomic mass is 9.83. The van der Waals surface area contributed by atoms with Crippen molar-refractivity contribution in [3.05, 3.63) is 71.5 Å². The Morgan fingerprint density at radius 3 is 2.57 bits per heavy atom. The number of piperidine rings is 1. The third kappa shape index (κ3) is 4.59. The maximum absolute atomic E-state index is 13.6. The molecule has 5 heteroatoms. The van der Waals surface area contributed by atoms with E-state index in [-0.39, 0.29) is 17.6 Å². The van der Waals surface area contributed by atoms with Crippen molar-refractivity contribution in [2.75, 3.05) is 39.4 Å². The topological polar surface area (TPSA) is 32.8 Å². The van der Waals surface area contributed by atoms with Crippen LogP contribution in [0.25, 0.3) is 0 Å². The number of nitrogens with zero attached hydrogens (tertiary/aromatic N) is 2. The molecule has 2 atom stereocenters. The summed E-state index contributed by atoms with van der Waals surface area (Å²) in [6, 6.07) is 17.2. The van der Waals surface area contributed by atoms with E-state index in [2.05, 4.69) is 29.2 Å². The Hall–Kier alpha value is -2.24. The Bertz CT molecular complexity index is 792. The van der Waals surface area contributed by atoms with E-state index < -0.39 is 0 Å². The summed E-state index contributed by atoms with van der Waals surface area (Å²) >= 11 is 0. The molecule has 2 aliphatic rings. The number of hydrogen-bond acceptors (Lipinski definition) is 3. The minimum absolute atomic E-state index is 0.0365. The molecule has 2 aromatic carbocycles. The zero-order valence-electron chi connectivity index (χ0n) is 16.1. The number of morpholine rings is 1. The summed E-state index contributed by atoms with van der Waals surface area (Å²) in [5.74, 6) is 0.285. The van der Waals surface area contributed by atoms with E-state index in [1.54, 1.807) is 12.1 Å². The first-order chi connectivity index (χ1) is 13.7. The van der Waals surface area contributed by atoms with Gasteiger partial charge >= 0.3 is 0 Å². The maximum atomic E-state index is 13.6. The number of ether oxygens (including phenoxy) is 1. The number of hydrogen-bond donors (Lipinski definition) is 0. The molecule has 2 fully saturated rings. The number of carbonyl (C=O) groups is 1. The fourth-order valence-corrected chi connectivity index (χ4v) is 4.40. The average Bonchev–Trinajstić information content (AvgIpc) is 2.74. The highest BCUT2D eigenvalue weighted by molar-refractivity contribution is 5.79. The monoisotopic (exact) mass is 382 g/mol. The van der Waals surface area contributed by atoms with E-state index in [4.69, 9.17) is 4.74 Å². The molecule has 2 unspecified atom stereocenters. The molecule has 1 amide bonds. The zero-order chi connectivity index (χ0) is 19.3. The van der Waals surface area contributed by atoms with Crippen molar-refractivity contribution in [1.82, 2.24) is 9.80 Å². The molecule has 2 aliphatic heterocycles. The van der Waals surface area contributed by atoms with E-state index in [0.717, 1.165) is 25.1 Å². The van der Waals surface area contributed by atoms with Crippen LogP contribution in [-0.4, -0.2) is 55.1 Å². The van der Waals surface area contributed by atoms with Crippen LogP contribution in [0.5, 0.6) is 0 Å². The predicted molar refractivity (Wildman–Crippen MR) is 106 cm³/mol. The molecule has 4 rings (SSSR count). The van der Waals surface area contributed by atoms with Crippen molar-refractivity contribution in [3.63, 3.8) is 0 Å². The van der Waals surface area contributed by atoms with Crippen LogP contribution in [0, 0.1) is 11.7 Å². The average molecular weight is 382 g/mol. The molecule has 0 bridgehead atoms. The van der Waals surface area contributed by atoms with Crippen molar-refractivity contribution in [3.8, 4) is 0 Å². The van der Waals surface area contributed by atoms with Gasteiger partial charge in [-0.15, -0.1) is 0 Å². The Morgan fingerprint density at radius 1 is 1.04 bits per heavy atom. The molecule has 0 aliphatic carbocycles. The summed E-state index contributed by atoms with van der Waals surface area (Å²) in [7, 11) is 0. The number of rotatable bonds is 4. The summed E-state index contributed by atoms with van der Waals surface area (Å²) in [6.07, 6.45) is 0.861. The molecular weight excluding hydrogens is 355 g/mol. The minimum Gasteiger partial charge on any atom is -0.378 e. The van der Waals surface area contributed by atoms with Crippen molar-refractivity contribution in [2.45, 2.75) is 18.9 Å². The van der Waals surface area contributed by atoms with Crippen molar-refractivity contribution >= 4 is 5.91 Å². The molecule has 2 aromatic rings. The van der Waals surface area contributed by atoms with Gasteiger partial charge in [0, 0.05) is 32.7 Å². The number of halogens is 1. The quantitative estimate of drug-likeness (QED) is 0.814. The Kier molecular flexibility index (Phi) is 6.03. The standard InChI is InChI=1S/C23H27FN2O2/c24-22-8-4-5-18(13-22)15-25-16-20(19-6-2-1-3-7-19)14-21(17-25)23(27)26-9-11-28-12-10-26/h1-8,13,20-21H,9-12,14-17H2. The molecule has 4 nitrogen and oxygen atoms in total. The van der Waals surface area contributed by atoms with Crippen LogP contribution in [0.4, 0.5) is 4.39 Å². The van der Waals surface area contributed by atoms with Gasteiger partial charge in [0.15, 0.2) is 0 Å². The zero-order valence-corrected chi connectivity index (χ0v) is 16.1. The van der Waals surface area contributed by atoms with Crippen LogP contribution >= 0.6 is 0 Å². The summed E-state index contributed by atoms with van der Waals surface area (Å²) < 4.78 is 19.0. The van der Waals surface area contributed by atoms with Crippen LogP contribution in [0.3, 0.4) is 0 Å². The first-order valence-corrected chi connectivity index (χ1v) is 10.1. The lowest BCUT2D eigenvalue weighted by Gasteiger charge is -2.40. The third-order valence-corrected chi connectivity index (χ3v) is 5.76. The molecule has 2 heterocycles. The third-order valence-electron chi connectivity index (χ3n) is 5.76. The Balaban J connectivity index is 1.53. The highest BCUT2D eigenvalue weighted by Gasteiger charge is 2.35. The van der Waals surface area contributed by atoms with Gasteiger partial charge in [0.1, 0.15) is 5.82 Å². The van der Waals surface area contributed by atoms with E-state index in [0.29, 0.717) is 38.8 Å². The smallest absolute Gasteiger partial charge is 0.227 e. The normalized spacial score (nSPS) is 23.5. The second kappa shape index (κ2) is 8.84. The largest absolute Gasteiger partial charge is 0.378 e. The SMILES string of the molecule is O=C(C1CC(c2ccccc2)CN(Cc2cccc(F)c2)C1)N1CCOCC1. The van der Waals surface area contributed by atoms with Gasteiger partial charge in [-0.1, -0.05) is 42.5 Å². The predicted octanol–water partition coefficient (Wildman–Crippen LogP) is 3.29. The highest BCUT2D eigenvalue weighted by atomic mass is 19.1. The number of amides is 1. The van der Waals surface area contributed by atoms with Gasteiger partial charge in [-0.25, -0.2) is 4.39 Å². The van der Waals surface area contributed by atoms with Crippen molar-refractivity contribution < 1.29 is 13.9 Å². The van der Waals surface area contributed by atoms with E-state index >= 15 is 0 Å². The molecule has 148 valence electrons. The van der Waals surface area contributed by atoms with Crippen molar-refractivity contribution in [2.24, 2.45) is 5.92 Å². The first-order valence-electron chi connectivity index (χ1n) is 10.1. The molecule has 0 spiro atoms. The summed E-state index contributed by atoms with van der Waals surface area (Å²) in [4.78, 5) is 17.4. The van der Waals surface area contributed by atoms with E-state index in [1.807, 2.05) is 17.0 Å². The van der Waals surface area contributed by atoms with Crippen molar-refractivity contribution in [1.29, 1.82) is 0 Å². The molecule has 0 radical (unpaired) electrons. The Labute approximate surface area is 165 Å². The molecule has 0 aromatic heterocycles.